The molecule has 1 aromatic carbocycles. The first kappa shape index (κ1) is 21.4. The molecular weight excluding hydrogens is 392 g/mol. The second-order valence-electron chi connectivity index (χ2n) is 9.70. The molecule has 30 heavy (non-hydrogen) atoms. The van der Waals surface area contributed by atoms with E-state index >= 15 is 0 Å². The molecule has 1 saturated heterocycles. The van der Waals surface area contributed by atoms with Gasteiger partial charge in [-0.15, -0.1) is 0 Å². The van der Waals surface area contributed by atoms with Crippen LogP contribution < -0.4 is 4.90 Å². The van der Waals surface area contributed by atoms with Crippen molar-refractivity contribution in [2.24, 2.45) is 5.41 Å². The Morgan fingerprint density at radius 1 is 1.00 bits per heavy atom. The number of piperazine rings is 1. The molecule has 0 aromatic heterocycles. The van der Waals surface area contributed by atoms with Gasteiger partial charge in [-0.2, -0.15) is 0 Å². The standard InChI is InChI=1S/C26H33ClN2O/c1-26(2)12-11-25(21-5-7-23(27)8-6-21)22(17-26)18-28-13-15-29(16-14-28)24-9-3-20(19-30)4-10-24/h3-5,7,9-10,19H,6,8,11-18H2,1-2H3. The summed E-state index contributed by atoms with van der Waals surface area (Å²) in [5.41, 5.74) is 7.12. The Bertz CT molecular complexity index is 871. The quantitative estimate of drug-likeness (QED) is 0.544. The number of carbonyl (C=O) groups excluding carboxylic acids is 1. The summed E-state index contributed by atoms with van der Waals surface area (Å²) in [5.74, 6) is 0. The average molecular weight is 425 g/mol. The van der Waals surface area contributed by atoms with E-state index in [1.807, 2.05) is 12.1 Å². The van der Waals surface area contributed by atoms with E-state index < -0.39 is 0 Å². The molecule has 0 bridgehead atoms. The minimum absolute atomic E-state index is 0.393. The molecule has 160 valence electrons. The Hall–Kier alpha value is -1.84. The van der Waals surface area contributed by atoms with E-state index in [0.717, 1.165) is 62.4 Å². The van der Waals surface area contributed by atoms with Crippen molar-refractivity contribution < 1.29 is 4.79 Å². The zero-order valence-corrected chi connectivity index (χ0v) is 19.0. The van der Waals surface area contributed by atoms with Crippen LogP contribution in [0.15, 0.2) is 58.2 Å². The molecule has 3 aliphatic rings. The molecular formula is C26H33ClN2O. The zero-order valence-electron chi connectivity index (χ0n) is 18.3. The molecule has 0 saturated carbocycles. The van der Waals surface area contributed by atoms with Gasteiger partial charge in [0.05, 0.1) is 0 Å². The van der Waals surface area contributed by atoms with E-state index in [9.17, 15) is 4.79 Å². The first-order chi connectivity index (χ1) is 14.4. The van der Waals surface area contributed by atoms with Gasteiger partial charge in [0.25, 0.3) is 0 Å². The lowest BCUT2D eigenvalue weighted by molar-refractivity contribution is 0.112. The third-order valence-corrected chi connectivity index (χ3v) is 7.15. The van der Waals surface area contributed by atoms with E-state index in [1.54, 1.807) is 11.1 Å². The number of rotatable bonds is 5. The number of halogens is 1. The number of allylic oxidation sites excluding steroid dienone is 5. The number of hydrogen-bond acceptors (Lipinski definition) is 3. The number of nitrogens with zero attached hydrogens (tertiary/aromatic N) is 2. The summed E-state index contributed by atoms with van der Waals surface area (Å²) in [5, 5.41) is 0.981. The van der Waals surface area contributed by atoms with Crippen molar-refractivity contribution in [2.45, 2.75) is 46.0 Å². The second-order valence-corrected chi connectivity index (χ2v) is 10.2. The lowest BCUT2D eigenvalue weighted by atomic mass is 9.72. The van der Waals surface area contributed by atoms with Crippen LogP contribution in [0.5, 0.6) is 0 Å². The largest absolute Gasteiger partial charge is 0.369 e. The monoisotopic (exact) mass is 424 g/mol. The van der Waals surface area contributed by atoms with E-state index in [2.05, 4.69) is 47.9 Å². The lowest BCUT2D eigenvalue weighted by Gasteiger charge is -2.40. The zero-order chi connectivity index (χ0) is 21.1. The van der Waals surface area contributed by atoms with Crippen LogP contribution in [0.25, 0.3) is 0 Å². The van der Waals surface area contributed by atoms with Crippen LogP contribution in [0.3, 0.4) is 0 Å². The van der Waals surface area contributed by atoms with Crippen molar-refractivity contribution in [3.05, 3.63) is 63.7 Å². The smallest absolute Gasteiger partial charge is 0.150 e. The Balaban J connectivity index is 1.44. The average Bonchev–Trinajstić information content (AvgIpc) is 2.75. The van der Waals surface area contributed by atoms with Crippen molar-refractivity contribution in [3.8, 4) is 0 Å². The molecule has 0 unspecified atom stereocenters. The van der Waals surface area contributed by atoms with Gasteiger partial charge in [0, 0.05) is 49.0 Å². The van der Waals surface area contributed by atoms with Gasteiger partial charge in [0.1, 0.15) is 6.29 Å². The van der Waals surface area contributed by atoms with Gasteiger partial charge in [-0.1, -0.05) is 37.1 Å². The van der Waals surface area contributed by atoms with Crippen LogP contribution in [-0.2, 0) is 0 Å². The lowest BCUT2D eigenvalue weighted by Crippen LogP contribution is -2.47. The van der Waals surface area contributed by atoms with Crippen molar-refractivity contribution in [3.63, 3.8) is 0 Å². The number of benzene rings is 1. The molecule has 0 N–H and O–H groups in total. The molecule has 0 atom stereocenters. The Morgan fingerprint density at radius 3 is 2.37 bits per heavy atom. The van der Waals surface area contributed by atoms with Gasteiger partial charge in [-0.3, -0.25) is 9.69 Å². The fourth-order valence-electron chi connectivity index (χ4n) is 5.01. The highest BCUT2D eigenvalue weighted by molar-refractivity contribution is 6.29. The molecule has 0 amide bonds. The predicted octanol–water partition coefficient (Wildman–Crippen LogP) is 5.97. The Morgan fingerprint density at radius 2 is 1.73 bits per heavy atom. The number of carbonyl (C=O) groups is 1. The third kappa shape index (κ3) is 5.07. The number of anilines is 1. The van der Waals surface area contributed by atoms with Crippen molar-refractivity contribution >= 4 is 23.6 Å². The van der Waals surface area contributed by atoms with Crippen LogP contribution in [0, 0.1) is 5.41 Å². The third-order valence-electron chi connectivity index (χ3n) is 6.84. The van der Waals surface area contributed by atoms with Gasteiger partial charge in [-0.05, 0) is 79.0 Å². The fourth-order valence-corrected chi connectivity index (χ4v) is 5.17. The first-order valence-corrected chi connectivity index (χ1v) is 11.6. The second kappa shape index (κ2) is 9.11. The number of hydrogen-bond donors (Lipinski definition) is 0. The summed E-state index contributed by atoms with van der Waals surface area (Å²) < 4.78 is 0. The summed E-state index contributed by atoms with van der Waals surface area (Å²) >= 11 is 6.21. The van der Waals surface area contributed by atoms with Crippen molar-refractivity contribution in [2.75, 3.05) is 37.6 Å². The molecule has 1 heterocycles. The van der Waals surface area contributed by atoms with E-state index in [0.29, 0.717) is 5.41 Å². The van der Waals surface area contributed by atoms with Gasteiger partial charge in [-0.25, -0.2) is 0 Å². The van der Waals surface area contributed by atoms with Crippen LogP contribution in [0.1, 0.15) is 56.3 Å². The summed E-state index contributed by atoms with van der Waals surface area (Å²) in [6, 6.07) is 7.96. The Kier molecular flexibility index (Phi) is 6.50. The molecule has 3 nitrogen and oxygen atoms in total. The van der Waals surface area contributed by atoms with Crippen molar-refractivity contribution in [1.29, 1.82) is 0 Å². The summed E-state index contributed by atoms with van der Waals surface area (Å²) in [6.07, 6.45) is 11.0. The predicted molar refractivity (Wildman–Crippen MR) is 126 cm³/mol. The molecule has 0 spiro atoms. The van der Waals surface area contributed by atoms with Gasteiger partial charge in [0.15, 0.2) is 0 Å². The highest BCUT2D eigenvalue weighted by Crippen LogP contribution is 2.43. The van der Waals surface area contributed by atoms with Crippen LogP contribution in [0.2, 0.25) is 0 Å². The summed E-state index contributed by atoms with van der Waals surface area (Å²) in [7, 11) is 0. The fraction of sp³-hybridized carbons (Fsp3) is 0.500. The maximum Gasteiger partial charge on any atom is 0.150 e. The maximum absolute atomic E-state index is 10.9. The normalized spacial score (nSPS) is 22.6. The van der Waals surface area contributed by atoms with Crippen molar-refractivity contribution in [1.82, 2.24) is 4.90 Å². The highest BCUT2D eigenvalue weighted by Gasteiger charge is 2.30. The van der Waals surface area contributed by atoms with Gasteiger partial charge >= 0.3 is 0 Å². The van der Waals surface area contributed by atoms with E-state index in [1.165, 1.54) is 30.5 Å². The van der Waals surface area contributed by atoms with Gasteiger partial charge in [0.2, 0.25) is 0 Å². The van der Waals surface area contributed by atoms with Gasteiger partial charge < -0.3 is 4.90 Å². The topological polar surface area (TPSA) is 23.6 Å². The summed E-state index contributed by atoms with van der Waals surface area (Å²) in [6.45, 7) is 10.1. The molecule has 1 aliphatic heterocycles. The van der Waals surface area contributed by atoms with Crippen LogP contribution in [0.4, 0.5) is 5.69 Å². The molecule has 1 fully saturated rings. The SMILES string of the molecule is CC1(C)CCC(C2=CC=C(Cl)CC2)=C(CN2CCN(c3ccc(C=O)cc3)CC2)C1. The van der Waals surface area contributed by atoms with Crippen LogP contribution in [-0.4, -0.2) is 43.9 Å². The highest BCUT2D eigenvalue weighted by atomic mass is 35.5. The molecule has 4 heteroatoms. The molecule has 0 radical (unpaired) electrons. The minimum Gasteiger partial charge on any atom is -0.369 e. The minimum atomic E-state index is 0.393. The number of aldehydes is 1. The van der Waals surface area contributed by atoms with Crippen LogP contribution >= 0.6 is 11.6 Å². The van der Waals surface area contributed by atoms with E-state index in [-0.39, 0.29) is 0 Å². The molecule has 4 rings (SSSR count). The summed E-state index contributed by atoms with van der Waals surface area (Å²) in [4.78, 5) is 15.9. The Labute approximate surface area is 186 Å². The molecule has 1 aromatic rings. The maximum atomic E-state index is 10.9. The van der Waals surface area contributed by atoms with E-state index in [4.69, 9.17) is 11.6 Å². The first-order valence-electron chi connectivity index (χ1n) is 11.2. The molecule has 2 aliphatic carbocycles.